The standard InChI is InChI=1S/C10H19N5.HI/c1-8(2)4-12-10(11)13-5-9-6-14-15(3)7-9;/h6-8H,4-5H2,1-3H3,(H3,11,12,13);1H. The minimum atomic E-state index is 0. The number of aromatic nitrogens is 2. The van der Waals surface area contributed by atoms with Gasteiger partial charge in [-0.2, -0.15) is 5.10 Å². The van der Waals surface area contributed by atoms with E-state index in [9.17, 15) is 0 Å². The van der Waals surface area contributed by atoms with E-state index in [0.29, 0.717) is 18.4 Å². The van der Waals surface area contributed by atoms with Crippen molar-refractivity contribution in [1.29, 1.82) is 0 Å². The molecule has 5 nitrogen and oxygen atoms in total. The van der Waals surface area contributed by atoms with E-state index in [2.05, 4.69) is 29.3 Å². The van der Waals surface area contributed by atoms with Crippen LogP contribution in [-0.4, -0.2) is 22.3 Å². The fraction of sp³-hybridized carbons (Fsp3) is 0.600. The summed E-state index contributed by atoms with van der Waals surface area (Å²) in [7, 11) is 1.88. The first-order valence-electron chi connectivity index (χ1n) is 5.09. The van der Waals surface area contributed by atoms with Gasteiger partial charge in [-0.15, -0.1) is 24.0 Å². The van der Waals surface area contributed by atoms with Crippen LogP contribution in [0.5, 0.6) is 0 Å². The minimum Gasteiger partial charge on any atom is -0.370 e. The third-order valence-corrected chi connectivity index (χ3v) is 1.88. The van der Waals surface area contributed by atoms with Crippen molar-refractivity contribution < 1.29 is 0 Å². The lowest BCUT2D eigenvalue weighted by Gasteiger charge is -2.07. The molecule has 16 heavy (non-hydrogen) atoms. The Labute approximate surface area is 114 Å². The van der Waals surface area contributed by atoms with E-state index < -0.39 is 0 Å². The highest BCUT2D eigenvalue weighted by Crippen LogP contribution is 1.97. The first-order valence-corrected chi connectivity index (χ1v) is 5.09. The van der Waals surface area contributed by atoms with Crippen LogP contribution < -0.4 is 11.1 Å². The summed E-state index contributed by atoms with van der Waals surface area (Å²) < 4.78 is 1.75. The van der Waals surface area contributed by atoms with E-state index in [1.54, 1.807) is 10.9 Å². The highest BCUT2D eigenvalue weighted by Gasteiger charge is 1.97. The lowest BCUT2D eigenvalue weighted by atomic mass is 10.2. The molecule has 0 unspecified atom stereocenters. The number of aliphatic imine (C=N–C) groups is 1. The molecule has 0 bridgehead atoms. The SMILES string of the molecule is CC(C)CNC(N)=NCc1cnn(C)c1.I. The zero-order valence-electron chi connectivity index (χ0n) is 9.97. The number of hydrogen-bond acceptors (Lipinski definition) is 2. The van der Waals surface area contributed by atoms with Crippen LogP contribution in [0.25, 0.3) is 0 Å². The molecular formula is C10H20IN5. The second-order valence-corrected chi connectivity index (χ2v) is 4.00. The molecule has 0 saturated heterocycles. The zero-order chi connectivity index (χ0) is 11.3. The van der Waals surface area contributed by atoms with Gasteiger partial charge in [-0.1, -0.05) is 13.8 Å². The normalized spacial score (nSPS) is 11.4. The Morgan fingerprint density at radius 3 is 2.81 bits per heavy atom. The van der Waals surface area contributed by atoms with Gasteiger partial charge in [0, 0.05) is 25.4 Å². The van der Waals surface area contributed by atoms with Gasteiger partial charge >= 0.3 is 0 Å². The molecular weight excluding hydrogens is 317 g/mol. The zero-order valence-corrected chi connectivity index (χ0v) is 12.3. The number of rotatable bonds is 4. The van der Waals surface area contributed by atoms with Crippen molar-refractivity contribution in [2.45, 2.75) is 20.4 Å². The van der Waals surface area contributed by atoms with E-state index in [1.165, 1.54) is 0 Å². The Kier molecular flexibility index (Phi) is 7.11. The van der Waals surface area contributed by atoms with E-state index in [4.69, 9.17) is 5.73 Å². The maximum atomic E-state index is 5.69. The maximum absolute atomic E-state index is 5.69. The number of nitrogens with two attached hydrogens (primary N) is 1. The Morgan fingerprint density at radius 2 is 2.31 bits per heavy atom. The number of guanidine groups is 1. The Morgan fingerprint density at radius 1 is 1.62 bits per heavy atom. The van der Waals surface area contributed by atoms with Gasteiger partial charge in [0.1, 0.15) is 0 Å². The summed E-state index contributed by atoms with van der Waals surface area (Å²) >= 11 is 0. The molecule has 0 spiro atoms. The summed E-state index contributed by atoms with van der Waals surface area (Å²) in [5.74, 6) is 1.06. The Hall–Kier alpha value is -0.790. The fourth-order valence-electron chi connectivity index (χ4n) is 1.09. The number of nitrogens with one attached hydrogen (secondary N) is 1. The first kappa shape index (κ1) is 15.2. The average molecular weight is 337 g/mol. The molecule has 0 radical (unpaired) electrons. The van der Waals surface area contributed by atoms with Crippen molar-refractivity contribution in [3.8, 4) is 0 Å². The molecule has 3 N–H and O–H groups in total. The van der Waals surface area contributed by atoms with Crippen LogP contribution in [0.4, 0.5) is 0 Å². The molecule has 6 heteroatoms. The molecule has 0 amide bonds. The smallest absolute Gasteiger partial charge is 0.188 e. The highest BCUT2D eigenvalue weighted by molar-refractivity contribution is 14.0. The maximum Gasteiger partial charge on any atom is 0.188 e. The lowest BCUT2D eigenvalue weighted by Crippen LogP contribution is -2.34. The molecule has 0 fully saturated rings. The second-order valence-electron chi connectivity index (χ2n) is 4.00. The molecule has 0 atom stereocenters. The van der Waals surface area contributed by atoms with E-state index in [1.807, 2.05) is 13.2 Å². The summed E-state index contributed by atoms with van der Waals surface area (Å²) in [5, 5.41) is 7.11. The van der Waals surface area contributed by atoms with Crippen LogP contribution in [0, 0.1) is 5.92 Å². The van der Waals surface area contributed by atoms with E-state index >= 15 is 0 Å². The topological polar surface area (TPSA) is 68.2 Å². The number of aryl methyl sites for hydroxylation is 1. The summed E-state index contributed by atoms with van der Waals surface area (Å²) in [5.41, 5.74) is 6.75. The van der Waals surface area contributed by atoms with Crippen molar-refractivity contribution in [2.24, 2.45) is 23.7 Å². The molecule has 1 aromatic heterocycles. The van der Waals surface area contributed by atoms with Gasteiger partial charge in [-0.05, 0) is 5.92 Å². The highest BCUT2D eigenvalue weighted by atomic mass is 127. The summed E-state index contributed by atoms with van der Waals surface area (Å²) in [6.45, 7) is 5.68. The Bertz CT molecular complexity index is 332. The van der Waals surface area contributed by atoms with Gasteiger partial charge in [-0.25, -0.2) is 4.99 Å². The van der Waals surface area contributed by atoms with Gasteiger partial charge in [0.15, 0.2) is 5.96 Å². The largest absolute Gasteiger partial charge is 0.370 e. The van der Waals surface area contributed by atoms with Gasteiger partial charge in [0.2, 0.25) is 0 Å². The third-order valence-electron chi connectivity index (χ3n) is 1.88. The quantitative estimate of drug-likeness (QED) is 0.491. The number of nitrogens with zero attached hydrogens (tertiary/aromatic N) is 3. The third kappa shape index (κ3) is 5.94. The molecule has 0 saturated carbocycles. The van der Waals surface area contributed by atoms with E-state index in [-0.39, 0.29) is 24.0 Å². The molecule has 1 heterocycles. The second kappa shape index (κ2) is 7.48. The van der Waals surface area contributed by atoms with Crippen LogP contribution in [0.3, 0.4) is 0 Å². The predicted molar refractivity (Wildman–Crippen MR) is 76.8 cm³/mol. The van der Waals surface area contributed by atoms with Crippen LogP contribution >= 0.6 is 24.0 Å². The molecule has 0 aromatic carbocycles. The molecule has 0 aliphatic carbocycles. The number of hydrogen-bond donors (Lipinski definition) is 2. The van der Waals surface area contributed by atoms with Crippen molar-refractivity contribution >= 4 is 29.9 Å². The monoisotopic (exact) mass is 337 g/mol. The average Bonchev–Trinajstić information content (AvgIpc) is 2.58. The summed E-state index contributed by atoms with van der Waals surface area (Å²) in [6, 6.07) is 0. The van der Waals surface area contributed by atoms with Crippen molar-refractivity contribution in [2.75, 3.05) is 6.54 Å². The molecule has 0 aliphatic heterocycles. The molecule has 92 valence electrons. The fourth-order valence-corrected chi connectivity index (χ4v) is 1.09. The lowest BCUT2D eigenvalue weighted by molar-refractivity contribution is 0.622. The molecule has 0 aliphatic rings. The van der Waals surface area contributed by atoms with Crippen LogP contribution in [-0.2, 0) is 13.6 Å². The van der Waals surface area contributed by atoms with Crippen LogP contribution in [0.15, 0.2) is 17.4 Å². The van der Waals surface area contributed by atoms with E-state index in [0.717, 1.165) is 12.1 Å². The molecule has 1 rings (SSSR count). The minimum absolute atomic E-state index is 0. The number of halogens is 1. The van der Waals surface area contributed by atoms with Crippen LogP contribution in [0.2, 0.25) is 0 Å². The van der Waals surface area contributed by atoms with Gasteiger partial charge in [0.25, 0.3) is 0 Å². The van der Waals surface area contributed by atoms with Crippen molar-refractivity contribution in [1.82, 2.24) is 15.1 Å². The van der Waals surface area contributed by atoms with Crippen molar-refractivity contribution in [3.63, 3.8) is 0 Å². The summed E-state index contributed by atoms with van der Waals surface area (Å²) in [4.78, 5) is 4.21. The first-order chi connectivity index (χ1) is 7.08. The van der Waals surface area contributed by atoms with Crippen LogP contribution in [0.1, 0.15) is 19.4 Å². The molecule has 1 aromatic rings. The summed E-state index contributed by atoms with van der Waals surface area (Å²) in [6.07, 6.45) is 3.72. The Balaban J connectivity index is 0.00000225. The van der Waals surface area contributed by atoms with Crippen molar-refractivity contribution in [3.05, 3.63) is 18.0 Å². The van der Waals surface area contributed by atoms with Gasteiger partial charge in [-0.3, -0.25) is 4.68 Å². The van der Waals surface area contributed by atoms with Gasteiger partial charge < -0.3 is 11.1 Å². The van der Waals surface area contributed by atoms with Gasteiger partial charge in [0.05, 0.1) is 12.7 Å². The predicted octanol–water partition coefficient (Wildman–Crippen LogP) is 1.10.